The monoisotopic (exact) mass is 358 g/mol. The van der Waals surface area contributed by atoms with E-state index in [1.54, 1.807) is 0 Å². The molecule has 2 rings (SSSR count). The van der Waals surface area contributed by atoms with Crippen LogP contribution in [0.25, 0.3) is 0 Å². The van der Waals surface area contributed by atoms with Crippen molar-refractivity contribution in [3.63, 3.8) is 0 Å². The summed E-state index contributed by atoms with van der Waals surface area (Å²) in [5.74, 6) is 0. The van der Waals surface area contributed by atoms with Crippen LogP contribution >= 0.6 is 15.9 Å². The van der Waals surface area contributed by atoms with Gasteiger partial charge in [-0.2, -0.15) is 5.10 Å². The van der Waals surface area contributed by atoms with E-state index in [2.05, 4.69) is 51.8 Å². The molecule has 1 aromatic heterocycles. The Kier molecular flexibility index (Phi) is 5.82. The van der Waals surface area contributed by atoms with Crippen LogP contribution in [0.5, 0.6) is 0 Å². The molecule has 0 aliphatic carbocycles. The molecular weight excluding hydrogens is 332 g/mol. The van der Waals surface area contributed by atoms with Gasteiger partial charge in [0.05, 0.1) is 22.0 Å². The van der Waals surface area contributed by atoms with Crippen LogP contribution in [0.2, 0.25) is 0 Å². The number of rotatable bonds is 5. The number of aryl methyl sites for hydroxylation is 2. The lowest BCUT2D eigenvalue weighted by atomic mass is 10.0. The van der Waals surface area contributed by atoms with Crippen molar-refractivity contribution in [1.29, 1.82) is 0 Å². The molecule has 2 atom stereocenters. The van der Waals surface area contributed by atoms with Crippen LogP contribution in [0, 0.1) is 0 Å². The minimum atomic E-state index is -0.333. The van der Waals surface area contributed by atoms with Gasteiger partial charge in [0, 0.05) is 39.1 Å². The molecule has 1 aliphatic rings. The smallest absolute Gasteiger partial charge is 0.0766 e. The van der Waals surface area contributed by atoms with E-state index in [0.29, 0.717) is 12.5 Å². The van der Waals surface area contributed by atoms with E-state index in [-0.39, 0.29) is 6.10 Å². The number of aliphatic hydroxyl groups excluding tert-OH is 1. The summed E-state index contributed by atoms with van der Waals surface area (Å²) in [7, 11) is 6.25. The van der Waals surface area contributed by atoms with Crippen LogP contribution in [0.3, 0.4) is 0 Å². The number of piperazine rings is 1. The van der Waals surface area contributed by atoms with Crippen molar-refractivity contribution in [1.82, 2.24) is 19.6 Å². The van der Waals surface area contributed by atoms with E-state index < -0.39 is 0 Å². The molecule has 1 fully saturated rings. The molecular formula is C15H27BrN4O. The Labute approximate surface area is 136 Å². The van der Waals surface area contributed by atoms with Crippen molar-refractivity contribution in [3.8, 4) is 0 Å². The van der Waals surface area contributed by atoms with Crippen LogP contribution in [-0.2, 0) is 19.9 Å². The lowest BCUT2D eigenvalue weighted by Crippen LogP contribution is -2.51. The van der Waals surface area contributed by atoms with Gasteiger partial charge in [-0.05, 0) is 42.9 Å². The Morgan fingerprint density at radius 2 is 2.05 bits per heavy atom. The topological polar surface area (TPSA) is 44.5 Å². The Morgan fingerprint density at radius 3 is 2.67 bits per heavy atom. The zero-order chi connectivity index (χ0) is 15.6. The van der Waals surface area contributed by atoms with E-state index in [4.69, 9.17) is 0 Å². The number of hydrogen-bond acceptors (Lipinski definition) is 4. The van der Waals surface area contributed by atoms with E-state index in [1.807, 2.05) is 11.7 Å². The normalized spacial score (nSPS) is 22.7. The molecule has 1 aliphatic heterocycles. The number of nitrogens with zero attached hydrogens (tertiary/aromatic N) is 4. The van der Waals surface area contributed by atoms with Crippen LogP contribution < -0.4 is 0 Å². The zero-order valence-corrected chi connectivity index (χ0v) is 15.1. The van der Waals surface area contributed by atoms with Crippen LogP contribution in [0.1, 0.15) is 24.7 Å². The van der Waals surface area contributed by atoms with E-state index in [1.165, 1.54) is 0 Å². The second kappa shape index (κ2) is 7.22. The van der Waals surface area contributed by atoms with Crippen molar-refractivity contribution >= 4 is 15.9 Å². The number of aromatic nitrogens is 2. The molecule has 0 spiro atoms. The third-order valence-electron chi connectivity index (χ3n) is 4.46. The van der Waals surface area contributed by atoms with Gasteiger partial charge in [0.15, 0.2) is 0 Å². The Bertz CT molecular complexity index is 476. The molecule has 0 aromatic carbocycles. The van der Waals surface area contributed by atoms with Crippen molar-refractivity contribution in [2.45, 2.75) is 38.3 Å². The number of aliphatic hydroxyl groups is 1. The van der Waals surface area contributed by atoms with Crippen molar-refractivity contribution in [2.75, 3.05) is 33.7 Å². The molecule has 0 bridgehead atoms. The van der Waals surface area contributed by atoms with Gasteiger partial charge >= 0.3 is 0 Å². The molecule has 2 unspecified atom stereocenters. The molecule has 0 saturated carbocycles. The number of hydrogen-bond donors (Lipinski definition) is 1. The minimum Gasteiger partial charge on any atom is -0.393 e. The second-order valence-electron chi connectivity index (χ2n) is 6.17. The van der Waals surface area contributed by atoms with E-state index >= 15 is 0 Å². The van der Waals surface area contributed by atoms with Crippen molar-refractivity contribution < 1.29 is 5.11 Å². The summed E-state index contributed by atoms with van der Waals surface area (Å²) in [6, 6.07) is 0.427. The third-order valence-corrected chi connectivity index (χ3v) is 5.37. The average Bonchev–Trinajstić information content (AvgIpc) is 2.70. The van der Waals surface area contributed by atoms with Gasteiger partial charge in [-0.15, -0.1) is 0 Å². The lowest BCUT2D eigenvalue weighted by Gasteiger charge is -2.38. The predicted octanol–water partition coefficient (Wildman–Crippen LogP) is 1.28. The standard InChI is InChI=1S/C15H27BrN4O/c1-5-13-15(16)14(20(4)17-13)9-12(21)8-11-10-18(2)6-7-19(11)3/h11-12,21H,5-10H2,1-4H3. The van der Waals surface area contributed by atoms with Crippen LogP contribution in [0.15, 0.2) is 4.47 Å². The molecule has 120 valence electrons. The Balaban J connectivity index is 1.98. The first-order chi connectivity index (χ1) is 9.92. The van der Waals surface area contributed by atoms with Gasteiger partial charge in [-0.1, -0.05) is 6.92 Å². The fourth-order valence-electron chi connectivity index (χ4n) is 3.02. The fourth-order valence-corrected chi connectivity index (χ4v) is 3.80. The largest absolute Gasteiger partial charge is 0.393 e. The molecule has 1 N–H and O–H groups in total. The summed E-state index contributed by atoms with van der Waals surface area (Å²) in [5.41, 5.74) is 2.15. The second-order valence-corrected chi connectivity index (χ2v) is 6.97. The van der Waals surface area contributed by atoms with Gasteiger partial charge in [-0.3, -0.25) is 4.68 Å². The van der Waals surface area contributed by atoms with E-state index in [0.717, 1.165) is 48.3 Å². The first-order valence-electron chi connectivity index (χ1n) is 7.69. The number of likely N-dealkylation sites (N-methyl/N-ethyl adjacent to an activating group) is 2. The SMILES string of the molecule is CCc1nn(C)c(CC(O)CC2CN(C)CCN2C)c1Br. The highest BCUT2D eigenvalue weighted by atomic mass is 79.9. The molecule has 1 saturated heterocycles. The molecule has 2 heterocycles. The zero-order valence-electron chi connectivity index (χ0n) is 13.5. The first kappa shape index (κ1) is 16.9. The van der Waals surface area contributed by atoms with Gasteiger partial charge in [0.2, 0.25) is 0 Å². The maximum Gasteiger partial charge on any atom is 0.0766 e. The summed E-state index contributed by atoms with van der Waals surface area (Å²) in [6.45, 7) is 5.31. The quantitative estimate of drug-likeness (QED) is 0.861. The summed E-state index contributed by atoms with van der Waals surface area (Å²) >= 11 is 3.62. The molecule has 6 heteroatoms. The molecule has 5 nitrogen and oxygen atoms in total. The molecule has 1 aromatic rings. The summed E-state index contributed by atoms with van der Waals surface area (Å²) in [5, 5.41) is 15.0. The predicted molar refractivity (Wildman–Crippen MR) is 88.5 cm³/mol. The highest BCUT2D eigenvalue weighted by Crippen LogP contribution is 2.24. The van der Waals surface area contributed by atoms with Gasteiger partial charge in [-0.25, -0.2) is 0 Å². The van der Waals surface area contributed by atoms with E-state index in [9.17, 15) is 5.11 Å². The van der Waals surface area contributed by atoms with Crippen LogP contribution in [-0.4, -0.2) is 70.6 Å². The summed E-state index contributed by atoms with van der Waals surface area (Å²) < 4.78 is 2.95. The third kappa shape index (κ3) is 4.06. The van der Waals surface area contributed by atoms with Crippen LogP contribution in [0.4, 0.5) is 0 Å². The fraction of sp³-hybridized carbons (Fsp3) is 0.800. The summed E-state index contributed by atoms with van der Waals surface area (Å²) in [6.07, 6.45) is 2.03. The molecule has 21 heavy (non-hydrogen) atoms. The van der Waals surface area contributed by atoms with Crippen molar-refractivity contribution in [2.24, 2.45) is 7.05 Å². The van der Waals surface area contributed by atoms with Gasteiger partial charge in [0.1, 0.15) is 0 Å². The maximum absolute atomic E-state index is 10.5. The highest BCUT2D eigenvalue weighted by molar-refractivity contribution is 9.10. The van der Waals surface area contributed by atoms with Gasteiger partial charge < -0.3 is 14.9 Å². The Hall–Kier alpha value is -0.430. The minimum absolute atomic E-state index is 0.333. The molecule has 0 radical (unpaired) electrons. The van der Waals surface area contributed by atoms with Crippen molar-refractivity contribution in [3.05, 3.63) is 15.9 Å². The summed E-state index contributed by atoms with van der Waals surface area (Å²) in [4.78, 5) is 4.70. The highest BCUT2D eigenvalue weighted by Gasteiger charge is 2.25. The maximum atomic E-state index is 10.5. The van der Waals surface area contributed by atoms with Gasteiger partial charge in [0.25, 0.3) is 0 Å². The Morgan fingerprint density at radius 1 is 1.33 bits per heavy atom. The molecule has 0 amide bonds. The first-order valence-corrected chi connectivity index (χ1v) is 8.48. The number of halogens is 1. The lowest BCUT2D eigenvalue weighted by molar-refractivity contribution is 0.0631. The average molecular weight is 359 g/mol.